The van der Waals surface area contributed by atoms with Crippen molar-refractivity contribution in [1.82, 2.24) is 9.62 Å². The first-order valence-electron chi connectivity index (χ1n) is 10.7. The standard InChI is InChI=1S/C24H32N2O3S/c1-4-23(22-11-10-18(2)16-19(22)3)25-24(27)21-12-14-26(15-13-21)30(28,29)17-20-8-6-5-7-9-20/h5-11,16,21,23H,4,12-15,17H2,1-3H3,(H,25,27)/t23-/m1/s1. The van der Waals surface area contributed by atoms with Crippen molar-refractivity contribution in [2.75, 3.05) is 13.1 Å². The third kappa shape index (κ3) is 5.49. The SMILES string of the molecule is CC[C@@H](NC(=O)C1CCN(S(=O)(=O)Cc2ccccc2)CC1)c1ccc(C)cc1C. The summed E-state index contributed by atoms with van der Waals surface area (Å²) in [5.74, 6) is -0.107. The number of sulfonamides is 1. The summed E-state index contributed by atoms with van der Waals surface area (Å²) in [5, 5.41) is 3.20. The van der Waals surface area contributed by atoms with Gasteiger partial charge < -0.3 is 5.32 Å². The minimum absolute atomic E-state index is 0.00924. The van der Waals surface area contributed by atoms with Crippen LogP contribution in [0.5, 0.6) is 0 Å². The Kier molecular flexibility index (Phi) is 7.32. The van der Waals surface area contributed by atoms with Gasteiger partial charge in [0.15, 0.2) is 0 Å². The maximum atomic E-state index is 12.9. The number of nitrogens with zero attached hydrogens (tertiary/aromatic N) is 1. The quantitative estimate of drug-likeness (QED) is 0.722. The Morgan fingerprint density at radius 3 is 2.37 bits per heavy atom. The van der Waals surface area contributed by atoms with Gasteiger partial charge in [-0.05, 0) is 49.8 Å². The Labute approximate surface area is 180 Å². The number of amides is 1. The Bertz CT molecular complexity index is 965. The highest BCUT2D eigenvalue weighted by Gasteiger charge is 2.32. The highest BCUT2D eigenvalue weighted by Crippen LogP contribution is 2.25. The topological polar surface area (TPSA) is 66.5 Å². The van der Waals surface area contributed by atoms with Gasteiger partial charge in [0, 0.05) is 19.0 Å². The number of nitrogens with one attached hydrogen (secondary N) is 1. The van der Waals surface area contributed by atoms with E-state index in [9.17, 15) is 13.2 Å². The van der Waals surface area contributed by atoms with Gasteiger partial charge >= 0.3 is 0 Å². The summed E-state index contributed by atoms with van der Waals surface area (Å²) < 4.78 is 27.0. The van der Waals surface area contributed by atoms with E-state index in [4.69, 9.17) is 0 Å². The lowest BCUT2D eigenvalue weighted by molar-refractivity contribution is -0.126. The molecule has 2 aromatic rings. The van der Waals surface area contributed by atoms with E-state index in [2.05, 4.69) is 44.3 Å². The van der Waals surface area contributed by atoms with Crippen molar-refractivity contribution < 1.29 is 13.2 Å². The van der Waals surface area contributed by atoms with Gasteiger partial charge in [0.1, 0.15) is 0 Å². The van der Waals surface area contributed by atoms with Gasteiger partial charge in [-0.1, -0.05) is 61.0 Å². The van der Waals surface area contributed by atoms with E-state index >= 15 is 0 Å². The molecule has 0 aromatic heterocycles. The van der Waals surface area contributed by atoms with Crippen LogP contribution in [0.1, 0.15) is 54.5 Å². The zero-order valence-electron chi connectivity index (χ0n) is 18.1. The molecule has 1 aliphatic rings. The van der Waals surface area contributed by atoms with E-state index < -0.39 is 10.0 Å². The van der Waals surface area contributed by atoms with Gasteiger partial charge in [0.05, 0.1) is 11.8 Å². The van der Waals surface area contributed by atoms with E-state index in [0.717, 1.165) is 17.5 Å². The summed E-state index contributed by atoms with van der Waals surface area (Å²) in [5.41, 5.74) is 4.33. The Balaban J connectivity index is 1.58. The molecule has 6 heteroatoms. The minimum atomic E-state index is -3.36. The van der Waals surface area contributed by atoms with Gasteiger partial charge in [-0.2, -0.15) is 0 Å². The number of hydrogen-bond acceptors (Lipinski definition) is 3. The lowest BCUT2D eigenvalue weighted by Crippen LogP contribution is -2.44. The van der Waals surface area contributed by atoms with Gasteiger partial charge in [0.25, 0.3) is 0 Å². The van der Waals surface area contributed by atoms with Crippen LogP contribution < -0.4 is 5.32 Å². The molecule has 30 heavy (non-hydrogen) atoms. The molecule has 0 bridgehead atoms. The number of benzene rings is 2. The summed E-state index contributed by atoms with van der Waals surface area (Å²) in [4.78, 5) is 12.9. The van der Waals surface area contributed by atoms with Gasteiger partial charge in [-0.15, -0.1) is 0 Å². The van der Waals surface area contributed by atoms with Crippen LogP contribution in [0.2, 0.25) is 0 Å². The molecule has 1 saturated heterocycles. The second-order valence-corrected chi connectivity index (χ2v) is 10.2. The number of hydrogen-bond donors (Lipinski definition) is 1. The summed E-state index contributed by atoms with van der Waals surface area (Å²) in [7, 11) is -3.36. The normalized spacial score (nSPS) is 16.9. The molecule has 0 aliphatic carbocycles. The van der Waals surface area contributed by atoms with Crippen LogP contribution in [-0.2, 0) is 20.6 Å². The predicted molar refractivity (Wildman–Crippen MR) is 120 cm³/mol. The summed E-state index contributed by atoms with van der Waals surface area (Å²) in [6.07, 6.45) is 1.94. The van der Waals surface area contributed by atoms with Gasteiger partial charge in [-0.3, -0.25) is 4.79 Å². The molecular weight excluding hydrogens is 396 g/mol. The van der Waals surface area contributed by atoms with Gasteiger partial charge in [0.2, 0.25) is 15.9 Å². The van der Waals surface area contributed by atoms with Crippen LogP contribution in [0.25, 0.3) is 0 Å². The third-order valence-electron chi connectivity index (χ3n) is 5.94. The molecule has 1 atom stereocenters. The Morgan fingerprint density at radius 1 is 1.10 bits per heavy atom. The molecular formula is C24H32N2O3S. The average molecular weight is 429 g/mol. The van der Waals surface area contributed by atoms with Gasteiger partial charge in [-0.25, -0.2) is 12.7 Å². The lowest BCUT2D eigenvalue weighted by atomic mass is 9.94. The zero-order valence-corrected chi connectivity index (χ0v) is 18.9. The van der Waals surface area contributed by atoms with Crippen LogP contribution in [-0.4, -0.2) is 31.7 Å². The maximum Gasteiger partial charge on any atom is 0.223 e. The molecule has 1 N–H and O–H groups in total. The summed E-state index contributed by atoms with van der Waals surface area (Å²) >= 11 is 0. The van der Waals surface area contributed by atoms with Crippen LogP contribution in [0, 0.1) is 19.8 Å². The summed E-state index contributed by atoms with van der Waals surface area (Å²) in [6.45, 7) is 7.01. The van der Waals surface area contributed by atoms with E-state index in [1.807, 2.05) is 30.3 Å². The van der Waals surface area contributed by atoms with E-state index in [-0.39, 0.29) is 23.6 Å². The number of piperidine rings is 1. The molecule has 0 radical (unpaired) electrons. The third-order valence-corrected chi connectivity index (χ3v) is 7.79. The molecule has 0 spiro atoms. The molecule has 162 valence electrons. The van der Waals surface area contributed by atoms with Crippen LogP contribution in [0.3, 0.4) is 0 Å². The van der Waals surface area contributed by atoms with Crippen molar-refractivity contribution in [1.29, 1.82) is 0 Å². The fourth-order valence-electron chi connectivity index (χ4n) is 4.18. The number of carbonyl (C=O) groups excluding carboxylic acids is 1. The first-order valence-corrected chi connectivity index (χ1v) is 12.3. The van der Waals surface area contributed by atoms with E-state index in [0.29, 0.717) is 25.9 Å². The monoisotopic (exact) mass is 428 g/mol. The van der Waals surface area contributed by atoms with E-state index in [1.165, 1.54) is 15.4 Å². The van der Waals surface area contributed by atoms with Crippen molar-refractivity contribution in [3.05, 3.63) is 70.8 Å². The fourth-order valence-corrected chi connectivity index (χ4v) is 5.74. The number of carbonyl (C=O) groups is 1. The fraction of sp³-hybridized carbons (Fsp3) is 0.458. The highest BCUT2D eigenvalue weighted by atomic mass is 32.2. The Hall–Kier alpha value is -2.18. The van der Waals surface area contributed by atoms with Crippen molar-refractivity contribution in [3.8, 4) is 0 Å². The molecule has 1 heterocycles. The first kappa shape index (κ1) is 22.5. The number of rotatable bonds is 7. The van der Waals surface area contributed by atoms with E-state index in [1.54, 1.807) is 0 Å². The smallest absolute Gasteiger partial charge is 0.223 e. The molecule has 0 unspecified atom stereocenters. The van der Waals surface area contributed by atoms with Crippen molar-refractivity contribution in [3.63, 3.8) is 0 Å². The molecule has 1 amide bonds. The predicted octanol–water partition coefficient (Wildman–Crippen LogP) is 4.11. The average Bonchev–Trinajstić information content (AvgIpc) is 2.73. The lowest BCUT2D eigenvalue weighted by Gasteiger charge is -2.31. The molecule has 1 aliphatic heterocycles. The largest absolute Gasteiger partial charge is 0.349 e. The van der Waals surface area contributed by atoms with Crippen LogP contribution in [0.4, 0.5) is 0 Å². The molecule has 5 nitrogen and oxygen atoms in total. The minimum Gasteiger partial charge on any atom is -0.349 e. The first-order chi connectivity index (χ1) is 14.3. The number of aryl methyl sites for hydroxylation is 2. The zero-order chi connectivity index (χ0) is 21.7. The molecule has 2 aromatic carbocycles. The molecule has 1 fully saturated rings. The highest BCUT2D eigenvalue weighted by molar-refractivity contribution is 7.88. The van der Waals surface area contributed by atoms with Crippen molar-refractivity contribution >= 4 is 15.9 Å². The molecule has 0 saturated carbocycles. The van der Waals surface area contributed by atoms with Crippen LogP contribution in [0.15, 0.2) is 48.5 Å². The van der Waals surface area contributed by atoms with Crippen molar-refractivity contribution in [2.45, 2.75) is 51.8 Å². The second kappa shape index (κ2) is 9.75. The molecule has 3 rings (SSSR count). The maximum absolute atomic E-state index is 12.9. The Morgan fingerprint density at radius 2 is 1.77 bits per heavy atom. The van der Waals surface area contributed by atoms with Crippen molar-refractivity contribution in [2.24, 2.45) is 5.92 Å². The summed E-state index contributed by atoms with van der Waals surface area (Å²) in [6, 6.07) is 15.5. The van der Waals surface area contributed by atoms with Crippen LogP contribution >= 0.6 is 0 Å². The second-order valence-electron chi connectivity index (χ2n) is 8.24.